The Morgan fingerprint density at radius 3 is 2.92 bits per heavy atom. The SMILES string of the molecule is CSc1ccccc1C(=O)[C@H]1CCCN(Cc2nc(C(C)C)cs2)C1. The smallest absolute Gasteiger partial charge is 0.168 e. The van der Waals surface area contributed by atoms with Gasteiger partial charge in [0.15, 0.2) is 5.78 Å². The van der Waals surface area contributed by atoms with Crippen LogP contribution in [0, 0.1) is 5.92 Å². The zero-order valence-electron chi connectivity index (χ0n) is 15.2. The first kappa shape index (κ1) is 18.6. The maximum absolute atomic E-state index is 13.0. The summed E-state index contributed by atoms with van der Waals surface area (Å²) in [6, 6.07) is 7.99. The lowest BCUT2D eigenvalue weighted by Crippen LogP contribution is -2.38. The van der Waals surface area contributed by atoms with E-state index < -0.39 is 0 Å². The zero-order chi connectivity index (χ0) is 17.8. The van der Waals surface area contributed by atoms with Crippen LogP contribution in [0.25, 0.3) is 0 Å². The number of carbonyl (C=O) groups excluding carboxylic acids is 1. The van der Waals surface area contributed by atoms with Gasteiger partial charge in [0.2, 0.25) is 0 Å². The van der Waals surface area contributed by atoms with E-state index in [0.29, 0.717) is 11.7 Å². The molecular weight excluding hydrogens is 348 g/mol. The van der Waals surface area contributed by atoms with E-state index in [0.717, 1.165) is 42.9 Å². The van der Waals surface area contributed by atoms with Crippen molar-refractivity contribution < 1.29 is 4.79 Å². The third-order valence-electron chi connectivity index (χ3n) is 4.77. The minimum absolute atomic E-state index is 0.103. The molecule has 2 heterocycles. The maximum Gasteiger partial charge on any atom is 0.168 e. The molecule has 2 aromatic rings. The molecule has 1 fully saturated rings. The van der Waals surface area contributed by atoms with Crippen LogP contribution in [0.2, 0.25) is 0 Å². The van der Waals surface area contributed by atoms with Crippen molar-refractivity contribution in [1.29, 1.82) is 0 Å². The first-order chi connectivity index (χ1) is 12.1. The molecule has 0 N–H and O–H groups in total. The summed E-state index contributed by atoms with van der Waals surface area (Å²) in [4.78, 5) is 21.3. The van der Waals surface area contributed by atoms with Gasteiger partial charge in [0.25, 0.3) is 0 Å². The Labute approximate surface area is 158 Å². The van der Waals surface area contributed by atoms with Gasteiger partial charge in [0.1, 0.15) is 5.01 Å². The van der Waals surface area contributed by atoms with Crippen LogP contribution < -0.4 is 0 Å². The van der Waals surface area contributed by atoms with Gasteiger partial charge in [-0.05, 0) is 37.6 Å². The predicted molar refractivity (Wildman–Crippen MR) is 107 cm³/mol. The lowest BCUT2D eigenvalue weighted by Gasteiger charge is -2.31. The highest BCUT2D eigenvalue weighted by atomic mass is 32.2. The number of likely N-dealkylation sites (tertiary alicyclic amines) is 1. The van der Waals surface area contributed by atoms with Gasteiger partial charge >= 0.3 is 0 Å². The number of Topliss-reactive ketones (excluding diaryl/α,β-unsaturated/α-hetero) is 1. The number of ketones is 1. The molecule has 0 bridgehead atoms. The molecule has 3 rings (SSSR count). The number of rotatable bonds is 6. The molecule has 25 heavy (non-hydrogen) atoms. The number of aromatic nitrogens is 1. The lowest BCUT2D eigenvalue weighted by molar-refractivity contribution is 0.0808. The topological polar surface area (TPSA) is 33.2 Å². The Morgan fingerprint density at radius 2 is 2.20 bits per heavy atom. The van der Waals surface area contributed by atoms with Crippen molar-refractivity contribution >= 4 is 28.9 Å². The summed E-state index contributed by atoms with van der Waals surface area (Å²) < 4.78 is 0. The van der Waals surface area contributed by atoms with Gasteiger partial charge in [0.05, 0.1) is 12.2 Å². The van der Waals surface area contributed by atoms with Crippen LogP contribution in [0.3, 0.4) is 0 Å². The number of hydrogen-bond donors (Lipinski definition) is 0. The monoisotopic (exact) mass is 374 g/mol. The quantitative estimate of drug-likeness (QED) is 0.521. The minimum atomic E-state index is 0.103. The second kappa shape index (κ2) is 8.47. The number of thioether (sulfide) groups is 1. The molecule has 0 amide bonds. The second-order valence-electron chi connectivity index (χ2n) is 6.96. The number of piperidine rings is 1. The Hall–Kier alpha value is -1.17. The third-order valence-corrected chi connectivity index (χ3v) is 6.42. The normalized spacial score (nSPS) is 18.6. The predicted octanol–water partition coefficient (Wildman–Crippen LogP) is 5.08. The lowest BCUT2D eigenvalue weighted by atomic mass is 9.90. The molecule has 0 unspecified atom stereocenters. The van der Waals surface area contributed by atoms with E-state index in [4.69, 9.17) is 4.98 Å². The molecule has 1 aromatic carbocycles. The average Bonchev–Trinajstić information content (AvgIpc) is 3.10. The summed E-state index contributed by atoms with van der Waals surface area (Å²) in [7, 11) is 0. The van der Waals surface area contributed by atoms with Gasteiger partial charge in [0, 0.05) is 28.3 Å². The Kier molecular flexibility index (Phi) is 6.31. The molecule has 0 aliphatic carbocycles. The third kappa shape index (κ3) is 4.52. The van der Waals surface area contributed by atoms with Crippen molar-refractivity contribution in [3.8, 4) is 0 Å². The second-order valence-corrected chi connectivity index (χ2v) is 8.75. The molecule has 1 aromatic heterocycles. The van der Waals surface area contributed by atoms with Gasteiger partial charge in [-0.25, -0.2) is 4.98 Å². The van der Waals surface area contributed by atoms with Crippen LogP contribution in [0.15, 0.2) is 34.5 Å². The number of nitrogens with zero attached hydrogens (tertiary/aromatic N) is 2. The Morgan fingerprint density at radius 1 is 1.40 bits per heavy atom. The van der Waals surface area contributed by atoms with Crippen LogP contribution in [0.1, 0.15) is 53.7 Å². The van der Waals surface area contributed by atoms with E-state index >= 15 is 0 Å². The highest BCUT2D eigenvalue weighted by Crippen LogP contribution is 2.28. The highest BCUT2D eigenvalue weighted by molar-refractivity contribution is 7.98. The number of carbonyl (C=O) groups is 1. The fraction of sp³-hybridized carbons (Fsp3) is 0.500. The maximum atomic E-state index is 13.0. The van der Waals surface area contributed by atoms with Gasteiger partial charge in [-0.1, -0.05) is 32.0 Å². The first-order valence-corrected chi connectivity index (χ1v) is 11.0. The standard InChI is InChI=1S/C20H26N2OS2/c1-14(2)17-13-25-19(21-17)12-22-10-6-7-15(11-22)20(23)16-8-4-5-9-18(16)24-3/h4-5,8-9,13-15H,6-7,10-12H2,1-3H3/t15-/m0/s1. The number of thiazole rings is 1. The Bertz CT molecular complexity index is 726. The van der Waals surface area contributed by atoms with Gasteiger partial charge < -0.3 is 0 Å². The molecule has 1 aliphatic rings. The van der Waals surface area contributed by atoms with Crippen LogP contribution in [-0.2, 0) is 6.54 Å². The molecule has 3 nitrogen and oxygen atoms in total. The van der Waals surface area contributed by atoms with Crippen molar-refractivity contribution in [3.05, 3.63) is 45.9 Å². The van der Waals surface area contributed by atoms with E-state index in [1.165, 1.54) is 10.7 Å². The molecule has 1 saturated heterocycles. The van der Waals surface area contributed by atoms with Crippen molar-refractivity contribution in [3.63, 3.8) is 0 Å². The average molecular weight is 375 g/mol. The largest absolute Gasteiger partial charge is 0.296 e. The van der Waals surface area contributed by atoms with Crippen LogP contribution in [0.5, 0.6) is 0 Å². The summed E-state index contributed by atoms with van der Waals surface area (Å²) in [5, 5.41) is 3.34. The summed E-state index contributed by atoms with van der Waals surface area (Å²) in [6.45, 7) is 7.13. The Balaban J connectivity index is 1.67. The van der Waals surface area contributed by atoms with Gasteiger partial charge in [-0.2, -0.15) is 0 Å². The van der Waals surface area contributed by atoms with Gasteiger partial charge in [-0.3, -0.25) is 9.69 Å². The van der Waals surface area contributed by atoms with E-state index in [1.54, 1.807) is 23.1 Å². The van der Waals surface area contributed by atoms with Crippen LogP contribution in [0.4, 0.5) is 0 Å². The van der Waals surface area contributed by atoms with Crippen LogP contribution >= 0.6 is 23.1 Å². The van der Waals surface area contributed by atoms with Crippen molar-refractivity contribution in [2.24, 2.45) is 5.92 Å². The number of hydrogen-bond acceptors (Lipinski definition) is 5. The van der Waals surface area contributed by atoms with E-state index in [2.05, 4.69) is 24.1 Å². The summed E-state index contributed by atoms with van der Waals surface area (Å²) in [5.74, 6) is 0.881. The molecule has 134 valence electrons. The van der Waals surface area contributed by atoms with E-state index in [1.807, 2.05) is 30.5 Å². The van der Waals surface area contributed by atoms with E-state index in [9.17, 15) is 4.79 Å². The van der Waals surface area contributed by atoms with Crippen molar-refractivity contribution in [1.82, 2.24) is 9.88 Å². The molecule has 1 aliphatic heterocycles. The zero-order valence-corrected chi connectivity index (χ0v) is 16.8. The summed E-state index contributed by atoms with van der Waals surface area (Å²) in [6.07, 6.45) is 4.11. The van der Waals surface area contributed by atoms with Crippen molar-refractivity contribution in [2.45, 2.75) is 44.0 Å². The minimum Gasteiger partial charge on any atom is -0.296 e. The first-order valence-electron chi connectivity index (χ1n) is 8.92. The van der Waals surface area contributed by atoms with Crippen molar-refractivity contribution in [2.75, 3.05) is 19.3 Å². The molecule has 1 atom stereocenters. The fourth-order valence-electron chi connectivity index (χ4n) is 3.34. The summed E-state index contributed by atoms with van der Waals surface area (Å²) in [5.41, 5.74) is 2.07. The highest BCUT2D eigenvalue weighted by Gasteiger charge is 2.28. The molecule has 0 radical (unpaired) electrons. The summed E-state index contributed by atoms with van der Waals surface area (Å²) >= 11 is 3.40. The molecule has 0 spiro atoms. The molecule has 5 heteroatoms. The molecule has 0 saturated carbocycles. The van der Waals surface area contributed by atoms with E-state index in [-0.39, 0.29) is 5.92 Å². The van der Waals surface area contributed by atoms with Gasteiger partial charge in [-0.15, -0.1) is 23.1 Å². The molecular formula is C20H26N2OS2. The fourth-order valence-corrected chi connectivity index (χ4v) is 4.94. The number of benzene rings is 1. The van der Waals surface area contributed by atoms with Crippen LogP contribution in [-0.4, -0.2) is 35.0 Å².